The van der Waals surface area contributed by atoms with Crippen LogP contribution < -0.4 is 10.0 Å². The first-order valence-electron chi connectivity index (χ1n) is 8.11. The SMILES string of the molecule is N#CCSc1ccccc1NC(=O)COC(=O)CNS(=O)(=O)c1cccc(Br)c1. The zero-order chi connectivity index (χ0) is 21.3. The van der Waals surface area contributed by atoms with E-state index in [-0.39, 0.29) is 10.6 Å². The van der Waals surface area contributed by atoms with Gasteiger partial charge in [0.2, 0.25) is 10.0 Å². The zero-order valence-electron chi connectivity index (χ0n) is 14.9. The molecule has 152 valence electrons. The van der Waals surface area contributed by atoms with Crippen molar-refractivity contribution in [2.75, 3.05) is 24.2 Å². The Morgan fingerprint density at radius 1 is 1.17 bits per heavy atom. The van der Waals surface area contributed by atoms with Crippen molar-refractivity contribution >= 4 is 55.3 Å². The van der Waals surface area contributed by atoms with E-state index in [1.54, 1.807) is 36.4 Å². The molecule has 0 aliphatic heterocycles. The highest BCUT2D eigenvalue weighted by Crippen LogP contribution is 2.26. The second kappa shape index (κ2) is 11.0. The van der Waals surface area contributed by atoms with Gasteiger partial charge >= 0.3 is 5.97 Å². The quantitative estimate of drug-likeness (QED) is 0.402. The third-order valence-corrected chi connectivity index (χ3v) is 6.16. The molecule has 0 unspecified atom stereocenters. The van der Waals surface area contributed by atoms with Crippen molar-refractivity contribution < 1.29 is 22.7 Å². The van der Waals surface area contributed by atoms with E-state index in [0.29, 0.717) is 15.1 Å². The molecule has 0 radical (unpaired) electrons. The Kier molecular flexibility index (Phi) is 8.66. The average molecular weight is 498 g/mol. The summed E-state index contributed by atoms with van der Waals surface area (Å²) in [5.41, 5.74) is 0.490. The van der Waals surface area contributed by atoms with Gasteiger partial charge in [-0.1, -0.05) is 34.1 Å². The van der Waals surface area contributed by atoms with E-state index in [1.165, 1.54) is 23.9 Å². The first kappa shape index (κ1) is 22.9. The maximum atomic E-state index is 12.1. The molecule has 0 aliphatic carbocycles. The average Bonchev–Trinajstić information content (AvgIpc) is 2.70. The van der Waals surface area contributed by atoms with E-state index in [4.69, 9.17) is 10.00 Å². The molecule has 0 atom stereocenters. The van der Waals surface area contributed by atoms with Gasteiger partial charge in [0.15, 0.2) is 6.61 Å². The Bertz CT molecular complexity index is 1040. The smallest absolute Gasteiger partial charge is 0.321 e. The lowest BCUT2D eigenvalue weighted by Gasteiger charge is -2.10. The zero-order valence-corrected chi connectivity index (χ0v) is 18.1. The number of para-hydroxylation sites is 1. The number of esters is 1. The van der Waals surface area contributed by atoms with E-state index in [2.05, 4.69) is 26.0 Å². The minimum absolute atomic E-state index is 0.0103. The third-order valence-electron chi connectivity index (χ3n) is 3.33. The van der Waals surface area contributed by atoms with Crippen LogP contribution in [0, 0.1) is 11.3 Å². The van der Waals surface area contributed by atoms with Crippen molar-refractivity contribution in [3.8, 4) is 6.07 Å². The van der Waals surface area contributed by atoms with Crippen molar-refractivity contribution in [2.24, 2.45) is 0 Å². The molecule has 11 heteroatoms. The summed E-state index contributed by atoms with van der Waals surface area (Å²) in [7, 11) is -3.89. The second-order valence-electron chi connectivity index (χ2n) is 5.43. The van der Waals surface area contributed by atoms with Crippen LogP contribution in [0.3, 0.4) is 0 Å². The number of ether oxygens (including phenoxy) is 1. The molecule has 2 aromatic carbocycles. The highest BCUT2D eigenvalue weighted by molar-refractivity contribution is 9.10. The minimum Gasteiger partial charge on any atom is -0.455 e. The summed E-state index contributed by atoms with van der Waals surface area (Å²) in [5.74, 6) is -1.26. The second-order valence-corrected chi connectivity index (χ2v) is 9.13. The van der Waals surface area contributed by atoms with E-state index in [1.807, 2.05) is 6.07 Å². The van der Waals surface area contributed by atoms with Gasteiger partial charge in [0.1, 0.15) is 6.54 Å². The number of hydrogen-bond donors (Lipinski definition) is 2. The number of nitrogens with zero attached hydrogens (tertiary/aromatic N) is 1. The normalized spacial score (nSPS) is 10.8. The van der Waals surface area contributed by atoms with Crippen LogP contribution in [-0.2, 0) is 24.3 Å². The van der Waals surface area contributed by atoms with Gasteiger partial charge in [0.25, 0.3) is 5.91 Å². The Hall–Kier alpha value is -2.39. The molecule has 29 heavy (non-hydrogen) atoms. The molecule has 2 aromatic rings. The van der Waals surface area contributed by atoms with Gasteiger partial charge in [0.05, 0.1) is 22.4 Å². The van der Waals surface area contributed by atoms with Crippen LogP contribution in [0.1, 0.15) is 0 Å². The maximum absolute atomic E-state index is 12.1. The molecular weight excluding hydrogens is 482 g/mol. The molecule has 2 N–H and O–H groups in total. The fourth-order valence-electron chi connectivity index (χ4n) is 2.06. The topological polar surface area (TPSA) is 125 Å². The summed E-state index contributed by atoms with van der Waals surface area (Å²) in [4.78, 5) is 24.5. The highest BCUT2D eigenvalue weighted by atomic mass is 79.9. The van der Waals surface area contributed by atoms with Crippen molar-refractivity contribution in [1.29, 1.82) is 5.26 Å². The van der Waals surface area contributed by atoms with Crippen LogP contribution in [0.4, 0.5) is 5.69 Å². The molecule has 0 fully saturated rings. The number of carbonyl (C=O) groups excluding carboxylic acids is 2. The monoisotopic (exact) mass is 497 g/mol. The van der Waals surface area contributed by atoms with Crippen molar-refractivity contribution in [1.82, 2.24) is 4.72 Å². The number of nitriles is 1. The molecule has 0 spiro atoms. The van der Waals surface area contributed by atoms with Gasteiger partial charge < -0.3 is 10.1 Å². The van der Waals surface area contributed by atoms with Crippen LogP contribution in [0.25, 0.3) is 0 Å². The Morgan fingerprint density at radius 3 is 2.66 bits per heavy atom. The van der Waals surface area contributed by atoms with Crippen molar-refractivity contribution in [3.63, 3.8) is 0 Å². The Labute approximate surface area is 180 Å². The molecular formula is C18H16BrN3O5S2. The van der Waals surface area contributed by atoms with Crippen LogP contribution in [0.15, 0.2) is 62.8 Å². The van der Waals surface area contributed by atoms with Gasteiger partial charge in [-0.3, -0.25) is 9.59 Å². The number of rotatable bonds is 9. The number of thioether (sulfide) groups is 1. The summed E-state index contributed by atoms with van der Waals surface area (Å²) < 4.78 is 31.8. The van der Waals surface area contributed by atoms with Crippen molar-refractivity contribution in [2.45, 2.75) is 9.79 Å². The largest absolute Gasteiger partial charge is 0.455 e. The standard InChI is InChI=1S/C18H16BrN3O5S2/c19-13-4-3-5-14(10-13)29(25,26)21-11-18(24)27-12-17(23)22-15-6-1-2-7-16(15)28-9-8-20/h1-7,10,21H,9,11-12H2,(H,22,23). The number of hydrogen-bond acceptors (Lipinski definition) is 7. The number of halogens is 1. The summed E-state index contributed by atoms with van der Waals surface area (Å²) >= 11 is 4.44. The number of anilines is 1. The molecule has 2 rings (SSSR count). The van der Waals surface area contributed by atoms with E-state index in [9.17, 15) is 18.0 Å². The summed E-state index contributed by atoms with van der Waals surface area (Å²) in [5, 5.41) is 11.3. The van der Waals surface area contributed by atoms with Gasteiger partial charge in [-0.25, -0.2) is 8.42 Å². The fraction of sp³-hybridized carbons (Fsp3) is 0.167. The molecule has 0 saturated carbocycles. The first-order chi connectivity index (χ1) is 13.8. The van der Waals surface area contributed by atoms with E-state index < -0.39 is 35.1 Å². The highest BCUT2D eigenvalue weighted by Gasteiger charge is 2.17. The third kappa shape index (κ3) is 7.51. The van der Waals surface area contributed by atoms with Crippen LogP contribution in [-0.4, -0.2) is 39.2 Å². The number of benzene rings is 2. The predicted molar refractivity (Wildman–Crippen MR) is 112 cm³/mol. The number of amides is 1. The van der Waals surface area contributed by atoms with Gasteiger partial charge in [-0.2, -0.15) is 9.98 Å². The van der Waals surface area contributed by atoms with Crippen LogP contribution >= 0.6 is 27.7 Å². The molecule has 0 saturated heterocycles. The number of carbonyl (C=O) groups is 2. The molecule has 0 bridgehead atoms. The molecule has 0 aromatic heterocycles. The van der Waals surface area contributed by atoms with Gasteiger partial charge in [-0.15, -0.1) is 11.8 Å². The van der Waals surface area contributed by atoms with E-state index >= 15 is 0 Å². The van der Waals surface area contributed by atoms with Crippen molar-refractivity contribution in [3.05, 3.63) is 53.0 Å². The lowest BCUT2D eigenvalue weighted by atomic mass is 10.3. The molecule has 0 aliphatic rings. The fourth-order valence-corrected chi connectivity index (χ4v) is 4.30. The molecule has 8 nitrogen and oxygen atoms in total. The maximum Gasteiger partial charge on any atom is 0.321 e. The Morgan fingerprint density at radius 2 is 1.93 bits per heavy atom. The number of nitrogens with one attached hydrogen (secondary N) is 2. The Balaban J connectivity index is 1.84. The van der Waals surface area contributed by atoms with Crippen LogP contribution in [0.2, 0.25) is 0 Å². The number of sulfonamides is 1. The first-order valence-corrected chi connectivity index (χ1v) is 11.4. The summed E-state index contributed by atoms with van der Waals surface area (Å²) in [6.07, 6.45) is 0. The van der Waals surface area contributed by atoms with Crippen LogP contribution in [0.5, 0.6) is 0 Å². The molecule has 1 amide bonds. The lowest BCUT2D eigenvalue weighted by Crippen LogP contribution is -2.32. The summed E-state index contributed by atoms with van der Waals surface area (Å²) in [6, 6.07) is 14.9. The minimum atomic E-state index is -3.89. The predicted octanol–water partition coefficient (Wildman–Crippen LogP) is 2.52. The van der Waals surface area contributed by atoms with Gasteiger partial charge in [0, 0.05) is 9.37 Å². The molecule has 0 heterocycles. The van der Waals surface area contributed by atoms with Gasteiger partial charge in [-0.05, 0) is 30.3 Å². The summed E-state index contributed by atoms with van der Waals surface area (Å²) in [6.45, 7) is -1.19. The van der Waals surface area contributed by atoms with E-state index in [0.717, 1.165) is 0 Å². The lowest BCUT2D eigenvalue weighted by molar-refractivity contribution is -0.146.